The Morgan fingerprint density at radius 2 is 2.05 bits per heavy atom. The molecule has 1 aromatic rings. The number of benzene rings is 1. The van der Waals surface area contributed by atoms with E-state index in [0.29, 0.717) is 17.7 Å². The third kappa shape index (κ3) is 5.38. The van der Waals surface area contributed by atoms with Gasteiger partial charge in [-0.25, -0.2) is 4.79 Å². The Bertz CT molecular complexity index is 516. The number of hydrogen-bond donors (Lipinski definition) is 4. The highest BCUT2D eigenvalue weighted by molar-refractivity contribution is 5.96. The first-order valence-corrected chi connectivity index (χ1v) is 6.07. The summed E-state index contributed by atoms with van der Waals surface area (Å²) in [7, 11) is 0. The fourth-order valence-corrected chi connectivity index (χ4v) is 1.60. The summed E-state index contributed by atoms with van der Waals surface area (Å²) < 4.78 is 0. The van der Waals surface area contributed by atoms with E-state index >= 15 is 0 Å². The summed E-state index contributed by atoms with van der Waals surface area (Å²) in [5.41, 5.74) is 5.77. The lowest BCUT2D eigenvalue weighted by atomic mass is 10.1. The van der Waals surface area contributed by atoms with Crippen LogP contribution in [-0.2, 0) is 4.79 Å². The second-order valence-corrected chi connectivity index (χ2v) is 4.38. The van der Waals surface area contributed by atoms with Crippen molar-refractivity contribution in [2.24, 2.45) is 5.73 Å². The van der Waals surface area contributed by atoms with Crippen molar-refractivity contribution < 1.29 is 19.5 Å². The smallest absolute Gasteiger partial charge is 0.316 e. The highest BCUT2D eigenvalue weighted by atomic mass is 16.4. The number of anilines is 1. The Balaban J connectivity index is 2.62. The Labute approximate surface area is 116 Å². The third-order valence-electron chi connectivity index (χ3n) is 2.56. The van der Waals surface area contributed by atoms with Gasteiger partial charge in [0.05, 0.1) is 0 Å². The van der Waals surface area contributed by atoms with Crippen LogP contribution in [0.1, 0.15) is 30.1 Å². The monoisotopic (exact) mass is 279 g/mol. The molecule has 1 atom stereocenters. The number of carboxylic acid groups (broad SMARTS) is 1. The number of carboxylic acids is 1. The molecule has 1 unspecified atom stereocenters. The summed E-state index contributed by atoms with van der Waals surface area (Å²) in [6, 6.07) is 5.33. The first-order valence-electron chi connectivity index (χ1n) is 6.07. The van der Waals surface area contributed by atoms with E-state index < -0.39 is 12.0 Å². The maximum absolute atomic E-state index is 11.9. The van der Waals surface area contributed by atoms with Crippen LogP contribution in [0.5, 0.6) is 0 Å². The molecule has 0 spiro atoms. The van der Waals surface area contributed by atoms with Crippen LogP contribution in [0.2, 0.25) is 0 Å². The summed E-state index contributed by atoms with van der Waals surface area (Å²) in [6.45, 7) is 1.73. The number of aliphatic carboxylic acids is 1. The van der Waals surface area contributed by atoms with Gasteiger partial charge in [0.25, 0.3) is 5.91 Å². The maximum Gasteiger partial charge on any atom is 0.316 e. The van der Waals surface area contributed by atoms with Gasteiger partial charge in [-0.2, -0.15) is 0 Å². The minimum atomic E-state index is -0.904. The van der Waals surface area contributed by atoms with Gasteiger partial charge in [-0.05, 0) is 31.5 Å². The molecule has 0 saturated heterocycles. The molecule has 0 saturated carbocycles. The lowest BCUT2D eigenvalue weighted by Crippen LogP contribution is -2.33. The maximum atomic E-state index is 11.9. The number of urea groups is 1. The first kappa shape index (κ1) is 15.5. The molecule has 0 radical (unpaired) electrons. The number of carbonyl (C=O) groups excluding carboxylic acids is 2. The van der Waals surface area contributed by atoms with Crippen LogP contribution in [0.4, 0.5) is 10.5 Å². The third-order valence-corrected chi connectivity index (χ3v) is 2.56. The zero-order chi connectivity index (χ0) is 15.1. The van der Waals surface area contributed by atoms with E-state index in [4.69, 9.17) is 10.8 Å². The van der Waals surface area contributed by atoms with Crippen LogP contribution in [-0.4, -0.2) is 29.1 Å². The number of hydrogen-bond acceptors (Lipinski definition) is 3. The van der Waals surface area contributed by atoms with Crippen molar-refractivity contribution in [2.75, 3.05) is 5.32 Å². The molecule has 20 heavy (non-hydrogen) atoms. The molecule has 0 aromatic heterocycles. The minimum absolute atomic E-state index is 0.00921. The average Bonchev–Trinajstić information content (AvgIpc) is 2.36. The van der Waals surface area contributed by atoms with Crippen molar-refractivity contribution in [3.05, 3.63) is 29.8 Å². The van der Waals surface area contributed by atoms with Crippen LogP contribution in [0.25, 0.3) is 0 Å². The normalized spacial score (nSPS) is 11.4. The van der Waals surface area contributed by atoms with E-state index in [1.807, 2.05) is 0 Å². The number of amides is 3. The Morgan fingerprint density at radius 3 is 2.65 bits per heavy atom. The van der Waals surface area contributed by atoms with E-state index in [1.54, 1.807) is 25.1 Å². The number of primary amides is 1. The summed E-state index contributed by atoms with van der Waals surface area (Å²) >= 11 is 0. The molecule has 0 fully saturated rings. The molecular formula is C13H17N3O4. The molecule has 1 aromatic carbocycles. The van der Waals surface area contributed by atoms with Crippen LogP contribution in [0.3, 0.4) is 0 Å². The highest BCUT2D eigenvalue weighted by Crippen LogP contribution is 2.11. The van der Waals surface area contributed by atoms with Gasteiger partial charge in [0.2, 0.25) is 0 Å². The van der Waals surface area contributed by atoms with Gasteiger partial charge in [-0.3, -0.25) is 9.59 Å². The number of nitrogens with one attached hydrogen (secondary N) is 2. The van der Waals surface area contributed by atoms with Gasteiger partial charge in [0, 0.05) is 23.7 Å². The van der Waals surface area contributed by atoms with Crippen LogP contribution in [0.15, 0.2) is 24.3 Å². The molecule has 5 N–H and O–H groups in total. The molecule has 0 bridgehead atoms. The predicted molar refractivity (Wildman–Crippen MR) is 73.4 cm³/mol. The topological polar surface area (TPSA) is 122 Å². The second-order valence-electron chi connectivity index (χ2n) is 4.38. The molecule has 0 aliphatic carbocycles. The van der Waals surface area contributed by atoms with Gasteiger partial charge in [-0.15, -0.1) is 0 Å². The molecule has 7 nitrogen and oxygen atoms in total. The SMILES string of the molecule is CC(CCC(=O)O)NC(=O)c1cccc(NC(N)=O)c1. The van der Waals surface area contributed by atoms with Crippen molar-refractivity contribution in [2.45, 2.75) is 25.8 Å². The molecule has 0 heterocycles. The fourth-order valence-electron chi connectivity index (χ4n) is 1.60. The summed E-state index contributed by atoms with van der Waals surface area (Å²) in [5, 5.41) is 13.6. The second kappa shape index (κ2) is 7.13. The molecule has 108 valence electrons. The van der Waals surface area contributed by atoms with Crippen molar-refractivity contribution in [1.82, 2.24) is 5.32 Å². The summed E-state index contributed by atoms with van der Waals surface area (Å²) in [4.78, 5) is 33.1. The van der Waals surface area contributed by atoms with Gasteiger partial charge >= 0.3 is 12.0 Å². The Morgan fingerprint density at radius 1 is 1.35 bits per heavy atom. The highest BCUT2D eigenvalue weighted by Gasteiger charge is 2.11. The predicted octanol–water partition coefficient (Wildman–Crippen LogP) is 1.16. The quantitative estimate of drug-likeness (QED) is 0.624. The van der Waals surface area contributed by atoms with Gasteiger partial charge in [-0.1, -0.05) is 6.07 Å². The molecule has 0 aliphatic heterocycles. The van der Waals surface area contributed by atoms with E-state index in [-0.39, 0.29) is 18.4 Å². The van der Waals surface area contributed by atoms with Gasteiger partial charge in [0.1, 0.15) is 0 Å². The summed E-state index contributed by atoms with van der Waals surface area (Å²) in [5.74, 6) is -1.24. The van der Waals surface area contributed by atoms with E-state index in [9.17, 15) is 14.4 Å². The van der Waals surface area contributed by atoms with Crippen molar-refractivity contribution in [1.29, 1.82) is 0 Å². The lowest BCUT2D eigenvalue weighted by molar-refractivity contribution is -0.137. The largest absolute Gasteiger partial charge is 0.481 e. The Hall–Kier alpha value is -2.57. The van der Waals surface area contributed by atoms with Crippen molar-refractivity contribution >= 4 is 23.6 Å². The van der Waals surface area contributed by atoms with Gasteiger partial charge < -0.3 is 21.5 Å². The van der Waals surface area contributed by atoms with Gasteiger partial charge in [0.15, 0.2) is 0 Å². The zero-order valence-corrected chi connectivity index (χ0v) is 11.1. The van der Waals surface area contributed by atoms with Crippen LogP contribution < -0.4 is 16.4 Å². The fraction of sp³-hybridized carbons (Fsp3) is 0.308. The van der Waals surface area contributed by atoms with E-state index in [2.05, 4.69) is 10.6 Å². The molecule has 1 rings (SSSR count). The Kier molecular flexibility index (Phi) is 5.52. The van der Waals surface area contributed by atoms with Crippen molar-refractivity contribution in [3.63, 3.8) is 0 Å². The molecule has 0 aliphatic rings. The van der Waals surface area contributed by atoms with E-state index in [0.717, 1.165) is 0 Å². The number of nitrogens with two attached hydrogens (primary N) is 1. The van der Waals surface area contributed by atoms with Crippen molar-refractivity contribution in [3.8, 4) is 0 Å². The van der Waals surface area contributed by atoms with Crippen LogP contribution >= 0.6 is 0 Å². The standard InChI is InChI=1S/C13H17N3O4/c1-8(5-6-11(17)18)15-12(19)9-3-2-4-10(7-9)16-13(14)20/h2-4,7-8H,5-6H2,1H3,(H,15,19)(H,17,18)(H3,14,16,20). The lowest BCUT2D eigenvalue weighted by Gasteiger charge is -2.13. The minimum Gasteiger partial charge on any atom is -0.481 e. The molecule has 7 heteroatoms. The van der Waals surface area contributed by atoms with Crippen LogP contribution in [0, 0.1) is 0 Å². The molecule has 3 amide bonds. The molecular weight excluding hydrogens is 262 g/mol. The zero-order valence-electron chi connectivity index (χ0n) is 11.1. The van der Waals surface area contributed by atoms with E-state index in [1.165, 1.54) is 6.07 Å². The average molecular weight is 279 g/mol. The number of carbonyl (C=O) groups is 3. The summed E-state index contributed by atoms with van der Waals surface area (Å²) in [6.07, 6.45) is 0.338. The first-order chi connectivity index (χ1) is 9.38. The number of rotatable bonds is 6.